The first kappa shape index (κ1) is 14.0. The summed E-state index contributed by atoms with van der Waals surface area (Å²) in [6, 6.07) is 7.27. The number of hydrogen-bond donors (Lipinski definition) is 1. The quantitative estimate of drug-likeness (QED) is 0.819. The Morgan fingerprint density at radius 3 is 3.05 bits per heavy atom. The van der Waals surface area contributed by atoms with E-state index in [9.17, 15) is 9.18 Å². The molecule has 1 atom stereocenters. The summed E-state index contributed by atoms with van der Waals surface area (Å²) < 4.78 is 19.8. The number of hydrogen-bond acceptors (Lipinski definition) is 3. The van der Waals surface area contributed by atoms with E-state index in [4.69, 9.17) is 4.74 Å². The molecule has 1 amide bonds. The van der Waals surface area contributed by atoms with Gasteiger partial charge in [0.2, 0.25) is 5.91 Å². The van der Waals surface area contributed by atoms with Crippen LogP contribution in [0.25, 0.3) is 0 Å². The second-order valence-electron chi connectivity index (χ2n) is 4.26. The van der Waals surface area contributed by atoms with Gasteiger partial charge in [-0.1, -0.05) is 6.07 Å². The first-order chi connectivity index (χ1) is 9.66. The van der Waals surface area contributed by atoms with E-state index < -0.39 is 0 Å². The van der Waals surface area contributed by atoms with Crippen molar-refractivity contribution in [1.29, 1.82) is 0 Å². The minimum Gasteiger partial charge on any atom is -0.492 e. The van der Waals surface area contributed by atoms with Crippen molar-refractivity contribution in [2.24, 2.45) is 0 Å². The fourth-order valence-corrected chi connectivity index (χ4v) is 1.68. The molecule has 1 aromatic carbocycles. The van der Waals surface area contributed by atoms with Crippen molar-refractivity contribution in [1.82, 2.24) is 15.1 Å². The Morgan fingerprint density at radius 2 is 2.35 bits per heavy atom. The zero-order valence-electron chi connectivity index (χ0n) is 11.1. The van der Waals surface area contributed by atoms with E-state index in [0.717, 1.165) is 0 Å². The molecule has 1 N–H and O–H groups in total. The largest absolute Gasteiger partial charge is 0.492 e. The second-order valence-corrected chi connectivity index (χ2v) is 4.26. The molecule has 0 aliphatic rings. The average Bonchev–Trinajstić information content (AvgIpc) is 2.96. The van der Waals surface area contributed by atoms with Crippen LogP contribution in [-0.2, 0) is 4.79 Å². The molecule has 6 heteroatoms. The normalized spacial score (nSPS) is 11.9. The van der Waals surface area contributed by atoms with Crippen LogP contribution in [0.5, 0.6) is 5.75 Å². The predicted octanol–water partition coefficient (Wildman–Crippen LogP) is 1.78. The lowest BCUT2D eigenvalue weighted by Gasteiger charge is -2.13. The van der Waals surface area contributed by atoms with Crippen molar-refractivity contribution in [3.63, 3.8) is 0 Å². The molecule has 1 heterocycles. The number of amides is 1. The van der Waals surface area contributed by atoms with Crippen LogP contribution in [0.2, 0.25) is 0 Å². The maximum absolute atomic E-state index is 12.9. The predicted molar refractivity (Wildman–Crippen MR) is 71.8 cm³/mol. The first-order valence-electron chi connectivity index (χ1n) is 6.32. The van der Waals surface area contributed by atoms with Crippen LogP contribution in [0.1, 0.15) is 13.0 Å². The maximum atomic E-state index is 12.9. The van der Waals surface area contributed by atoms with Gasteiger partial charge in [0, 0.05) is 18.5 Å². The van der Waals surface area contributed by atoms with Gasteiger partial charge < -0.3 is 10.1 Å². The maximum Gasteiger partial charge on any atom is 0.244 e. The fraction of sp³-hybridized carbons (Fsp3) is 0.286. The minimum absolute atomic E-state index is 0.142. The van der Waals surface area contributed by atoms with E-state index in [0.29, 0.717) is 12.3 Å². The number of nitrogens with zero attached hydrogens (tertiary/aromatic N) is 2. The molecule has 2 aromatic rings. The van der Waals surface area contributed by atoms with Gasteiger partial charge in [0.25, 0.3) is 0 Å². The van der Waals surface area contributed by atoms with Gasteiger partial charge in [-0.2, -0.15) is 5.10 Å². The standard InChI is InChI=1S/C14H16FN3O2/c1-11(18-8-3-6-17-18)14(19)16-7-9-20-13-5-2-4-12(15)10-13/h2-6,8,10-11H,7,9H2,1H3,(H,16,19)/t11-/m1/s1. The summed E-state index contributed by atoms with van der Waals surface area (Å²) in [6.45, 7) is 2.39. The molecule has 0 bridgehead atoms. The molecule has 0 saturated carbocycles. The van der Waals surface area contributed by atoms with Gasteiger partial charge in [-0.3, -0.25) is 9.48 Å². The van der Waals surface area contributed by atoms with Gasteiger partial charge in [0.15, 0.2) is 0 Å². The number of benzene rings is 1. The van der Waals surface area contributed by atoms with Crippen LogP contribution in [-0.4, -0.2) is 28.8 Å². The molecular weight excluding hydrogens is 261 g/mol. The number of carbonyl (C=O) groups excluding carboxylic acids is 1. The van der Waals surface area contributed by atoms with Gasteiger partial charge in [-0.25, -0.2) is 4.39 Å². The number of nitrogens with one attached hydrogen (secondary N) is 1. The lowest BCUT2D eigenvalue weighted by Crippen LogP contribution is -2.34. The summed E-state index contributed by atoms with van der Waals surface area (Å²) >= 11 is 0. The minimum atomic E-state index is -0.376. The van der Waals surface area contributed by atoms with Crippen LogP contribution in [0.3, 0.4) is 0 Å². The molecule has 5 nitrogen and oxygen atoms in total. The van der Waals surface area contributed by atoms with Gasteiger partial charge in [0.05, 0.1) is 6.54 Å². The highest BCUT2D eigenvalue weighted by molar-refractivity contribution is 5.79. The van der Waals surface area contributed by atoms with Crippen LogP contribution in [0.15, 0.2) is 42.7 Å². The van der Waals surface area contributed by atoms with Crippen molar-refractivity contribution >= 4 is 5.91 Å². The van der Waals surface area contributed by atoms with E-state index in [1.54, 1.807) is 42.2 Å². The average molecular weight is 277 g/mol. The molecule has 20 heavy (non-hydrogen) atoms. The Hall–Kier alpha value is -2.37. The molecule has 0 aliphatic carbocycles. The molecule has 0 aliphatic heterocycles. The Kier molecular flexibility index (Phi) is 4.70. The van der Waals surface area contributed by atoms with E-state index in [2.05, 4.69) is 10.4 Å². The van der Waals surface area contributed by atoms with Crippen LogP contribution in [0.4, 0.5) is 4.39 Å². The summed E-state index contributed by atoms with van der Waals surface area (Å²) in [4.78, 5) is 11.8. The van der Waals surface area contributed by atoms with Gasteiger partial charge in [-0.05, 0) is 25.1 Å². The van der Waals surface area contributed by atoms with Crippen LogP contribution >= 0.6 is 0 Å². The summed E-state index contributed by atoms with van der Waals surface area (Å²) in [5.41, 5.74) is 0. The molecule has 0 radical (unpaired) electrons. The molecule has 1 aromatic heterocycles. The van der Waals surface area contributed by atoms with E-state index in [-0.39, 0.29) is 24.4 Å². The number of halogens is 1. The highest BCUT2D eigenvalue weighted by Gasteiger charge is 2.13. The SMILES string of the molecule is C[C@H](C(=O)NCCOc1cccc(F)c1)n1cccn1. The Balaban J connectivity index is 1.72. The lowest BCUT2D eigenvalue weighted by molar-refractivity contribution is -0.124. The molecule has 2 rings (SSSR count). The van der Waals surface area contributed by atoms with Crippen LogP contribution < -0.4 is 10.1 Å². The number of carbonyl (C=O) groups is 1. The molecule has 106 valence electrons. The third-order valence-corrected chi connectivity index (χ3v) is 2.77. The van der Waals surface area contributed by atoms with Crippen molar-refractivity contribution < 1.29 is 13.9 Å². The summed E-state index contributed by atoms with van der Waals surface area (Å²) in [5, 5.41) is 6.74. The van der Waals surface area contributed by atoms with Gasteiger partial charge in [0.1, 0.15) is 24.2 Å². The number of rotatable bonds is 6. The lowest BCUT2D eigenvalue weighted by atomic mass is 10.3. The molecule has 0 saturated heterocycles. The molecule has 0 fully saturated rings. The number of aromatic nitrogens is 2. The van der Waals surface area contributed by atoms with E-state index in [1.165, 1.54) is 12.1 Å². The van der Waals surface area contributed by atoms with E-state index in [1.807, 2.05) is 0 Å². The monoisotopic (exact) mass is 277 g/mol. The fourth-order valence-electron chi connectivity index (χ4n) is 1.68. The smallest absolute Gasteiger partial charge is 0.244 e. The Labute approximate surface area is 116 Å². The Morgan fingerprint density at radius 1 is 1.50 bits per heavy atom. The van der Waals surface area contributed by atoms with Crippen molar-refractivity contribution in [3.8, 4) is 5.75 Å². The zero-order valence-corrected chi connectivity index (χ0v) is 11.1. The third kappa shape index (κ3) is 3.81. The highest BCUT2D eigenvalue weighted by Crippen LogP contribution is 2.11. The first-order valence-corrected chi connectivity index (χ1v) is 6.32. The summed E-state index contributed by atoms with van der Waals surface area (Å²) in [7, 11) is 0. The van der Waals surface area contributed by atoms with Gasteiger partial charge >= 0.3 is 0 Å². The number of ether oxygens (including phenoxy) is 1. The van der Waals surface area contributed by atoms with Crippen LogP contribution in [0, 0.1) is 5.82 Å². The second kappa shape index (κ2) is 6.70. The topological polar surface area (TPSA) is 56.1 Å². The highest BCUT2D eigenvalue weighted by atomic mass is 19.1. The summed E-state index contributed by atoms with van der Waals surface area (Å²) in [6.07, 6.45) is 3.35. The van der Waals surface area contributed by atoms with Gasteiger partial charge in [-0.15, -0.1) is 0 Å². The molecule has 0 unspecified atom stereocenters. The zero-order chi connectivity index (χ0) is 14.4. The molecular formula is C14H16FN3O2. The van der Waals surface area contributed by atoms with Crippen molar-refractivity contribution in [3.05, 3.63) is 48.5 Å². The third-order valence-electron chi connectivity index (χ3n) is 2.77. The van der Waals surface area contributed by atoms with Crippen molar-refractivity contribution in [2.45, 2.75) is 13.0 Å². The van der Waals surface area contributed by atoms with Crippen molar-refractivity contribution in [2.75, 3.05) is 13.2 Å². The molecule has 0 spiro atoms. The Bertz CT molecular complexity index is 557. The summed E-state index contributed by atoms with van der Waals surface area (Å²) in [5.74, 6) is -0.0465. The van der Waals surface area contributed by atoms with E-state index >= 15 is 0 Å².